The van der Waals surface area contributed by atoms with Gasteiger partial charge in [-0.25, -0.2) is 4.99 Å². The number of fused-ring (bicyclic) bond motifs is 1. The third kappa shape index (κ3) is 5.76. The van der Waals surface area contributed by atoms with E-state index >= 15 is 0 Å². The molecule has 3 rings (SSSR count). The number of nitrogens with zero attached hydrogens (tertiary/aromatic N) is 3. The lowest BCUT2D eigenvalue weighted by molar-refractivity contribution is 0.116. The summed E-state index contributed by atoms with van der Waals surface area (Å²) < 4.78 is 11.8. The Bertz CT molecular complexity index is 709. The first kappa shape index (κ1) is 21.7. The lowest BCUT2D eigenvalue weighted by Crippen LogP contribution is -2.55. The van der Waals surface area contributed by atoms with Crippen molar-refractivity contribution in [1.29, 1.82) is 0 Å². The molecule has 0 radical (unpaired) electrons. The number of likely N-dealkylation sites (N-methyl/N-ethyl adjacent to an activating group) is 2. The smallest absolute Gasteiger partial charge is 0.191 e. The summed E-state index contributed by atoms with van der Waals surface area (Å²) in [6.45, 7) is 12.4. The molecule has 2 atom stereocenters. The predicted molar refractivity (Wildman–Crippen MR) is 118 cm³/mol. The van der Waals surface area contributed by atoms with E-state index in [1.165, 1.54) is 5.56 Å². The highest BCUT2D eigenvalue weighted by Crippen LogP contribution is 2.35. The van der Waals surface area contributed by atoms with Gasteiger partial charge in [0.2, 0.25) is 0 Å². The standard InChI is InChI=1S/C22H37N5O2/c1-6-23-22(25-14-19-15-26(4)8-9-27(19)5)24-13-18-12-21-17(10-16(3)29-21)11-20(18)28-7-2/h11-12,16,19H,6-10,13-15H2,1-5H3,(H2,23,24,25). The number of hydrogen-bond donors (Lipinski definition) is 2. The molecule has 29 heavy (non-hydrogen) atoms. The lowest BCUT2D eigenvalue weighted by atomic mass is 10.1. The molecule has 2 unspecified atom stereocenters. The van der Waals surface area contributed by atoms with Gasteiger partial charge in [-0.05, 0) is 47.0 Å². The third-order valence-electron chi connectivity index (χ3n) is 5.62. The molecule has 1 fully saturated rings. The number of benzene rings is 1. The van der Waals surface area contributed by atoms with Gasteiger partial charge < -0.3 is 25.0 Å². The van der Waals surface area contributed by atoms with E-state index in [-0.39, 0.29) is 6.10 Å². The van der Waals surface area contributed by atoms with Gasteiger partial charge in [-0.1, -0.05) is 0 Å². The number of hydrogen-bond acceptors (Lipinski definition) is 5. The third-order valence-corrected chi connectivity index (χ3v) is 5.62. The molecule has 2 aliphatic rings. The molecule has 0 spiro atoms. The largest absolute Gasteiger partial charge is 0.494 e. The Hall–Kier alpha value is -1.99. The van der Waals surface area contributed by atoms with E-state index in [1.54, 1.807) is 0 Å². The molecule has 1 saturated heterocycles. The van der Waals surface area contributed by atoms with Gasteiger partial charge in [0.1, 0.15) is 17.6 Å². The number of nitrogens with one attached hydrogen (secondary N) is 2. The summed E-state index contributed by atoms with van der Waals surface area (Å²) >= 11 is 0. The van der Waals surface area contributed by atoms with Crippen LogP contribution in [0.4, 0.5) is 0 Å². The van der Waals surface area contributed by atoms with Crippen LogP contribution in [-0.4, -0.2) is 81.3 Å². The van der Waals surface area contributed by atoms with E-state index in [2.05, 4.69) is 60.5 Å². The van der Waals surface area contributed by atoms with Crippen molar-refractivity contribution < 1.29 is 9.47 Å². The first-order valence-electron chi connectivity index (χ1n) is 10.9. The van der Waals surface area contributed by atoms with E-state index < -0.39 is 0 Å². The van der Waals surface area contributed by atoms with Crippen molar-refractivity contribution in [2.45, 2.75) is 45.9 Å². The maximum atomic E-state index is 5.94. The molecule has 1 aromatic carbocycles. The highest BCUT2D eigenvalue weighted by Gasteiger charge is 2.23. The highest BCUT2D eigenvalue weighted by molar-refractivity contribution is 5.79. The van der Waals surface area contributed by atoms with Crippen LogP contribution >= 0.6 is 0 Å². The molecule has 0 aliphatic carbocycles. The van der Waals surface area contributed by atoms with Gasteiger partial charge in [0, 0.05) is 56.3 Å². The van der Waals surface area contributed by atoms with Crippen LogP contribution in [0.2, 0.25) is 0 Å². The molecule has 162 valence electrons. The van der Waals surface area contributed by atoms with Crippen LogP contribution in [0.15, 0.2) is 17.1 Å². The van der Waals surface area contributed by atoms with Crippen LogP contribution in [-0.2, 0) is 13.0 Å². The first-order valence-corrected chi connectivity index (χ1v) is 10.9. The molecule has 2 N–H and O–H groups in total. The molecule has 0 saturated carbocycles. The zero-order chi connectivity index (χ0) is 20.8. The Morgan fingerprint density at radius 2 is 2.07 bits per heavy atom. The molecular formula is C22H37N5O2. The second-order valence-corrected chi connectivity index (χ2v) is 8.11. The van der Waals surface area contributed by atoms with Crippen LogP contribution < -0.4 is 20.1 Å². The maximum absolute atomic E-state index is 5.94. The Kier molecular flexibility index (Phi) is 7.61. The Morgan fingerprint density at radius 1 is 1.24 bits per heavy atom. The van der Waals surface area contributed by atoms with Gasteiger partial charge in [0.25, 0.3) is 0 Å². The normalized spacial score (nSPS) is 22.9. The van der Waals surface area contributed by atoms with Crippen molar-refractivity contribution in [2.75, 3.05) is 53.4 Å². The van der Waals surface area contributed by atoms with E-state index in [4.69, 9.17) is 14.5 Å². The van der Waals surface area contributed by atoms with Gasteiger partial charge in [-0.2, -0.15) is 0 Å². The summed E-state index contributed by atoms with van der Waals surface area (Å²) in [6, 6.07) is 4.70. The number of rotatable bonds is 7. The minimum Gasteiger partial charge on any atom is -0.494 e. The zero-order valence-electron chi connectivity index (χ0n) is 18.6. The van der Waals surface area contributed by atoms with E-state index in [9.17, 15) is 0 Å². The Balaban J connectivity index is 1.68. The topological polar surface area (TPSA) is 61.4 Å². The second-order valence-electron chi connectivity index (χ2n) is 8.11. The quantitative estimate of drug-likeness (QED) is 0.534. The van der Waals surface area contributed by atoms with Crippen LogP contribution in [0.3, 0.4) is 0 Å². The molecule has 7 nitrogen and oxygen atoms in total. The van der Waals surface area contributed by atoms with Crippen LogP contribution in [0.25, 0.3) is 0 Å². The average molecular weight is 404 g/mol. The molecule has 1 aromatic rings. The van der Waals surface area contributed by atoms with Gasteiger partial charge in [0.15, 0.2) is 5.96 Å². The molecule has 7 heteroatoms. The second kappa shape index (κ2) is 10.2. The molecule has 0 bridgehead atoms. The van der Waals surface area contributed by atoms with E-state index in [1.807, 2.05) is 6.92 Å². The van der Waals surface area contributed by atoms with Crippen molar-refractivity contribution in [3.8, 4) is 11.5 Å². The predicted octanol–water partition coefficient (Wildman–Crippen LogP) is 1.71. The Morgan fingerprint density at radius 3 is 2.83 bits per heavy atom. The average Bonchev–Trinajstić information content (AvgIpc) is 3.05. The fourth-order valence-corrected chi connectivity index (χ4v) is 3.94. The molecule has 0 aromatic heterocycles. The van der Waals surface area contributed by atoms with Crippen molar-refractivity contribution in [2.24, 2.45) is 4.99 Å². The zero-order valence-corrected chi connectivity index (χ0v) is 18.6. The van der Waals surface area contributed by atoms with Crippen molar-refractivity contribution in [3.63, 3.8) is 0 Å². The molecule has 2 heterocycles. The highest BCUT2D eigenvalue weighted by atomic mass is 16.5. The molecule has 2 aliphatic heterocycles. The van der Waals surface area contributed by atoms with Crippen molar-refractivity contribution in [1.82, 2.24) is 20.4 Å². The monoisotopic (exact) mass is 403 g/mol. The van der Waals surface area contributed by atoms with Gasteiger partial charge in [0.05, 0.1) is 13.2 Å². The molecular weight excluding hydrogens is 366 g/mol. The maximum Gasteiger partial charge on any atom is 0.191 e. The minimum absolute atomic E-state index is 0.225. The Labute approximate surface area is 175 Å². The van der Waals surface area contributed by atoms with Crippen molar-refractivity contribution in [3.05, 3.63) is 23.3 Å². The molecule has 0 amide bonds. The SMILES string of the molecule is CCNC(=NCc1cc2c(cc1OCC)CC(C)O2)NCC1CN(C)CCN1C. The van der Waals surface area contributed by atoms with Gasteiger partial charge in [-0.3, -0.25) is 4.90 Å². The lowest BCUT2D eigenvalue weighted by Gasteiger charge is -2.37. The van der Waals surface area contributed by atoms with Crippen LogP contribution in [0.1, 0.15) is 31.9 Å². The summed E-state index contributed by atoms with van der Waals surface area (Å²) in [5.74, 6) is 2.72. The van der Waals surface area contributed by atoms with Crippen molar-refractivity contribution >= 4 is 5.96 Å². The number of ether oxygens (including phenoxy) is 2. The van der Waals surface area contributed by atoms with Gasteiger partial charge >= 0.3 is 0 Å². The first-order chi connectivity index (χ1) is 14.0. The summed E-state index contributed by atoms with van der Waals surface area (Å²) in [6.07, 6.45) is 1.16. The summed E-state index contributed by atoms with van der Waals surface area (Å²) in [7, 11) is 4.38. The minimum atomic E-state index is 0.225. The summed E-state index contributed by atoms with van der Waals surface area (Å²) in [4.78, 5) is 9.63. The van der Waals surface area contributed by atoms with Crippen LogP contribution in [0.5, 0.6) is 11.5 Å². The fraction of sp³-hybridized carbons (Fsp3) is 0.682. The number of guanidine groups is 1. The fourth-order valence-electron chi connectivity index (χ4n) is 3.94. The van der Waals surface area contributed by atoms with Gasteiger partial charge in [-0.15, -0.1) is 0 Å². The van der Waals surface area contributed by atoms with E-state index in [0.29, 0.717) is 19.2 Å². The van der Waals surface area contributed by atoms with E-state index in [0.717, 1.165) is 62.2 Å². The number of aliphatic imine (C=N–C) groups is 1. The number of piperazine rings is 1. The summed E-state index contributed by atoms with van der Waals surface area (Å²) in [5.41, 5.74) is 2.29. The van der Waals surface area contributed by atoms with Crippen LogP contribution in [0, 0.1) is 0 Å². The summed E-state index contributed by atoms with van der Waals surface area (Å²) in [5, 5.41) is 6.88.